The second kappa shape index (κ2) is 5.98. The molecule has 20 heavy (non-hydrogen) atoms. The summed E-state index contributed by atoms with van der Waals surface area (Å²) in [5, 5.41) is 17.9. The third-order valence-corrected chi connectivity index (χ3v) is 3.55. The van der Waals surface area contributed by atoms with Gasteiger partial charge in [0.2, 0.25) is 0 Å². The average molecular weight is 274 g/mol. The van der Waals surface area contributed by atoms with E-state index < -0.39 is 0 Å². The van der Waals surface area contributed by atoms with E-state index >= 15 is 0 Å². The van der Waals surface area contributed by atoms with Crippen molar-refractivity contribution in [3.05, 3.63) is 35.7 Å². The van der Waals surface area contributed by atoms with Gasteiger partial charge in [-0.3, -0.25) is 4.90 Å². The molecule has 1 atom stereocenters. The van der Waals surface area contributed by atoms with Crippen LogP contribution in [-0.4, -0.2) is 58.8 Å². The number of tetrazole rings is 1. The summed E-state index contributed by atoms with van der Waals surface area (Å²) in [6.07, 6.45) is 0. The van der Waals surface area contributed by atoms with E-state index in [4.69, 9.17) is 4.74 Å². The number of nitrogens with one attached hydrogen (secondary N) is 2. The van der Waals surface area contributed by atoms with Crippen molar-refractivity contribution in [2.45, 2.75) is 6.04 Å². The Morgan fingerprint density at radius 2 is 1.95 bits per heavy atom. The number of benzene rings is 1. The Balaban J connectivity index is 1.91. The highest BCUT2D eigenvalue weighted by atomic mass is 16.5. The third-order valence-electron chi connectivity index (χ3n) is 3.55. The van der Waals surface area contributed by atoms with Crippen molar-refractivity contribution >= 4 is 0 Å². The number of methoxy groups -OCH3 is 1. The van der Waals surface area contributed by atoms with Crippen LogP contribution in [-0.2, 0) is 0 Å². The first-order valence-electron chi connectivity index (χ1n) is 6.70. The lowest BCUT2D eigenvalue weighted by molar-refractivity contribution is 0.192. The number of nitrogens with zero attached hydrogens (tertiary/aromatic N) is 4. The van der Waals surface area contributed by atoms with Crippen molar-refractivity contribution < 1.29 is 4.74 Å². The van der Waals surface area contributed by atoms with E-state index in [1.54, 1.807) is 7.11 Å². The molecule has 0 saturated carbocycles. The molecule has 0 bridgehead atoms. The monoisotopic (exact) mass is 274 g/mol. The molecule has 106 valence electrons. The summed E-state index contributed by atoms with van der Waals surface area (Å²) in [6.45, 7) is 3.88. The Kier molecular flexibility index (Phi) is 3.89. The molecule has 7 heteroatoms. The highest BCUT2D eigenvalue weighted by Crippen LogP contribution is 2.27. The zero-order chi connectivity index (χ0) is 13.8. The van der Waals surface area contributed by atoms with Crippen molar-refractivity contribution in [2.24, 2.45) is 0 Å². The number of aromatic amines is 1. The summed E-state index contributed by atoms with van der Waals surface area (Å²) in [5.74, 6) is 1.55. The lowest BCUT2D eigenvalue weighted by atomic mass is 10.0. The van der Waals surface area contributed by atoms with Gasteiger partial charge in [-0.05, 0) is 17.7 Å². The first-order chi connectivity index (χ1) is 9.88. The molecule has 0 spiro atoms. The summed E-state index contributed by atoms with van der Waals surface area (Å²) in [6, 6.07) is 8.07. The van der Waals surface area contributed by atoms with Crippen LogP contribution in [0.1, 0.15) is 17.4 Å². The van der Waals surface area contributed by atoms with E-state index in [2.05, 4.69) is 43.0 Å². The molecule has 0 aliphatic carbocycles. The van der Waals surface area contributed by atoms with Crippen LogP contribution in [0.25, 0.3) is 0 Å². The normalized spacial score (nSPS) is 17.9. The van der Waals surface area contributed by atoms with Crippen molar-refractivity contribution in [2.75, 3.05) is 33.3 Å². The van der Waals surface area contributed by atoms with Gasteiger partial charge in [0, 0.05) is 26.2 Å². The minimum atomic E-state index is 0.0294. The summed E-state index contributed by atoms with van der Waals surface area (Å²) in [5.41, 5.74) is 1.15. The maximum absolute atomic E-state index is 5.21. The number of piperazine rings is 1. The first-order valence-corrected chi connectivity index (χ1v) is 6.70. The number of ether oxygens (including phenoxy) is 1. The SMILES string of the molecule is COc1ccc(C(c2nn[nH]n2)N2CCNCC2)cc1. The summed E-state index contributed by atoms with van der Waals surface area (Å²) in [7, 11) is 1.67. The lowest BCUT2D eigenvalue weighted by Crippen LogP contribution is -2.45. The zero-order valence-electron chi connectivity index (χ0n) is 11.4. The standard InChI is InChI=1S/C13H18N6O/c1-20-11-4-2-10(3-5-11)12(13-15-17-18-16-13)19-8-6-14-7-9-19/h2-5,12,14H,6-9H2,1H3,(H,15,16,17,18). The molecule has 2 N–H and O–H groups in total. The Hall–Kier alpha value is -1.99. The van der Waals surface area contributed by atoms with E-state index in [-0.39, 0.29) is 6.04 Å². The van der Waals surface area contributed by atoms with Crippen LogP contribution in [0.4, 0.5) is 0 Å². The Morgan fingerprint density at radius 3 is 2.55 bits per heavy atom. The predicted molar refractivity (Wildman–Crippen MR) is 73.5 cm³/mol. The van der Waals surface area contributed by atoms with E-state index in [1.807, 2.05) is 12.1 Å². The van der Waals surface area contributed by atoms with Gasteiger partial charge in [0.25, 0.3) is 0 Å². The molecule has 2 aromatic rings. The molecule has 1 unspecified atom stereocenters. The average Bonchev–Trinajstić information content (AvgIpc) is 3.03. The zero-order valence-corrected chi connectivity index (χ0v) is 11.4. The van der Waals surface area contributed by atoms with Crippen LogP contribution in [0, 0.1) is 0 Å². The fourth-order valence-electron chi connectivity index (χ4n) is 2.54. The van der Waals surface area contributed by atoms with Gasteiger partial charge in [-0.1, -0.05) is 17.3 Å². The Bertz CT molecular complexity index is 520. The molecule has 1 aliphatic rings. The van der Waals surface area contributed by atoms with Gasteiger partial charge in [-0.15, -0.1) is 10.2 Å². The second-order valence-corrected chi connectivity index (χ2v) is 4.73. The van der Waals surface area contributed by atoms with Gasteiger partial charge in [-0.2, -0.15) is 5.21 Å². The number of H-pyrrole nitrogens is 1. The summed E-state index contributed by atoms with van der Waals surface area (Å²) < 4.78 is 5.21. The number of rotatable bonds is 4. The topological polar surface area (TPSA) is 79.0 Å². The molecule has 1 aromatic heterocycles. The molecular weight excluding hydrogens is 256 g/mol. The molecule has 1 aromatic carbocycles. The fraction of sp³-hybridized carbons (Fsp3) is 0.462. The molecule has 0 amide bonds. The fourth-order valence-corrected chi connectivity index (χ4v) is 2.54. The Morgan fingerprint density at radius 1 is 1.20 bits per heavy atom. The van der Waals surface area contributed by atoms with Crippen molar-refractivity contribution in [3.63, 3.8) is 0 Å². The van der Waals surface area contributed by atoms with Crippen molar-refractivity contribution in [3.8, 4) is 5.75 Å². The Labute approximate surface area is 117 Å². The van der Waals surface area contributed by atoms with Gasteiger partial charge in [-0.25, -0.2) is 0 Å². The maximum atomic E-state index is 5.21. The van der Waals surface area contributed by atoms with Crippen LogP contribution in [0.15, 0.2) is 24.3 Å². The van der Waals surface area contributed by atoms with E-state index in [0.29, 0.717) is 5.82 Å². The molecule has 1 saturated heterocycles. The van der Waals surface area contributed by atoms with Crippen LogP contribution in [0.3, 0.4) is 0 Å². The minimum absolute atomic E-state index is 0.0294. The van der Waals surface area contributed by atoms with Gasteiger partial charge in [0.05, 0.1) is 13.2 Å². The number of hydrogen-bond donors (Lipinski definition) is 2. The molecule has 3 rings (SSSR count). The van der Waals surface area contributed by atoms with Crippen LogP contribution in [0.2, 0.25) is 0 Å². The smallest absolute Gasteiger partial charge is 0.196 e. The first kappa shape index (κ1) is 13.0. The molecule has 1 aliphatic heterocycles. The molecule has 1 fully saturated rings. The van der Waals surface area contributed by atoms with Gasteiger partial charge in [0.15, 0.2) is 5.82 Å². The highest BCUT2D eigenvalue weighted by molar-refractivity contribution is 5.31. The van der Waals surface area contributed by atoms with Crippen LogP contribution >= 0.6 is 0 Å². The van der Waals surface area contributed by atoms with Gasteiger partial charge >= 0.3 is 0 Å². The van der Waals surface area contributed by atoms with Crippen molar-refractivity contribution in [1.82, 2.24) is 30.8 Å². The van der Waals surface area contributed by atoms with E-state index in [1.165, 1.54) is 0 Å². The number of aromatic nitrogens is 4. The number of hydrogen-bond acceptors (Lipinski definition) is 6. The third kappa shape index (κ3) is 2.63. The van der Waals surface area contributed by atoms with Gasteiger partial charge in [0.1, 0.15) is 5.75 Å². The molecular formula is C13H18N6O. The molecule has 7 nitrogen and oxygen atoms in total. The lowest BCUT2D eigenvalue weighted by Gasteiger charge is -2.33. The predicted octanol–water partition coefficient (Wildman–Crippen LogP) is 0.203. The van der Waals surface area contributed by atoms with Crippen LogP contribution < -0.4 is 10.1 Å². The van der Waals surface area contributed by atoms with E-state index in [9.17, 15) is 0 Å². The van der Waals surface area contributed by atoms with Crippen LogP contribution in [0.5, 0.6) is 5.75 Å². The quantitative estimate of drug-likeness (QED) is 0.829. The summed E-state index contributed by atoms with van der Waals surface area (Å²) in [4.78, 5) is 2.36. The van der Waals surface area contributed by atoms with Gasteiger partial charge < -0.3 is 10.1 Å². The van der Waals surface area contributed by atoms with E-state index in [0.717, 1.165) is 37.5 Å². The second-order valence-electron chi connectivity index (χ2n) is 4.73. The van der Waals surface area contributed by atoms with Crippen molar-refractivity contribution in [1.29, 1.82) is 0 Å². The highest BCUT2D eigenvalue weighted by Gasteiger charge is 2.27. The molecule has 2 heterocycles. The minimum Gasteiger partial charge on any atom is -0.497 e. The molecule has 0 radical (unpaired) electrons. The maximum Gasteiger partial charge on any atom is 0.196 e. The summed E-state index contributed by atoms with van der Waals surface area (Å²) >= 11 is 0. The largest absolute Gasteiger partial charge is 0.497 e.